The summed E-state index contributed by atoms with van der Waals surface area (Å²) in [5, 5.41) is 8.40. The van der Waals surface area contributed by atoms with Crippen molar-refractivity contribution in [3.05, 3.63) is 47.7 Å². The number of nitrogens with zero attached hydrogens (tertiary/aromatic N) is 5. The molecule has 0 saturated carbocycles. The molecule has 0 unspecified atom stereocenters. The fraction of sp³-hybridized carbons (Fsp3) is 0.450. The van der Waals surface area contributed by atoms with E-state index in [-0.39, 0.29) is 11.9 Å². The van der Waals surface area contributed by atoms with Crippen molar-refractivity contribution in [3.63, 3.8) is 0 Å². The van der Waals surface area contributed by atoms with Crippen LogP contribution in [-0.2, 0) is 11.2 Å². The first kappa shape index (κ1) is 18.2. The summed E-state index contributed by atoms with van der Waals surface area (Å²) in [5.74, 6) is 1.07. The minimum atomic E-state index is 0.153. The monoisotopic (exact) mass is 353 g/mol. The molecule has 1 aromatic carbocycles. The van der Waals surface area contributed by atoms with Crippen molar-refractivity contribution in [2.45, 2.75) is 26.3 Å². The Balaban J connectivity index is 1.60. The van der Waals surface area contributed by atoms with Crippen molar-refractivity contribution in [2.24, 2.45) is 0 Å². The number of carbonyl (C=O) groups is 1. The van der Waals surface area contributed by atoms with Gasteiger partial charge in [0.05, 0.1) is 12.1 Å². The number of anilines is 2. The molecule has 1 saturated heterocycles. The lowest BCUT2D eigenvalue weighted by Gasteiger charge is -2.40. The molecule has 0 bridgehead atoms. The van der Waals surface area contributed by atoms with E-state index in [0.29, 0.717) is 13.0 Å². The van der Waals surface area contributed by atoms with E-state index >= 15 is 0 Å². The molecule has 1 aliphatic heterocycles. The SMILES string of the molecule is Cc1ccc(N2CCN(C(=O)Cc3ccc(N(C)C)cc3)[C@H](C)C2)nn1. The third-order valence-corrected chi connectivity index (χ3v) is 4.86. The lowest BCUT2D eigenvalue weighted by atomic mass is 10.1. The first-order valence-corrected chi connectivity index (χ1v) is 9.05. The van der Waals surface area contributed by atoms with E-state index in [1.54, 1.807) is 0 Å². The van der Waals surface area contributed by atoms with Crippen molar-refractivity contribution >= 4 is 17.4 Å². The van der Waals surface area contributed by atoms with Crippen LogP contribution in [0.25, 0.3) is 0 Å². The van der Waals surface area contributed by atoms with Crippen LogP contribution in [-0.4, -0.2) is 60.8 Å². The smallest absolute Gasteiger partial charge is 0.227 e. The Kier molecular flexibility index (Phi) is 5.40. The van der Waals surface area contributed by atoms with Crippen molar-refractivity contribution in [2.75, 3.05) is 43.5 Å². The molecule has 6 nitrogen and oxygen atoms in total. The molecule has 0 radical (unpaired) electrons. The first-order valence-electron chi connectivity index (χ1n) is 9.05. The van der Waals surface area contributed by atoms with Crippen LogP contribution in [0.3, 0.4) is 0 Å². The van der Waals surface area contributed by atoms with E-state index in [9.17, 15) is 4.79 Å². The van der Waals surface area contributed by atoms with Crippen LogP contribution in [0, 0.1) is 6.92 Å². The van der Waals surface area contributed by atoms with Crippen LogP contribution in [0.1, 0.15) is 18.2 Å². The number of piperazine rings is 1. The van der Waals surface area contributed by atoms with Gasteiger partial charge < -0.3 is 14.7 Å². The van der Waals surface area contributed by atoms with E-state index in [4.69, 9.17) is 0 Å². The molecular formula is C20H27N5O. The van der Waals surface area contributed by atoms with E-state index in [2.05, 4.69) is 39.1 Å². The first-order chi connectivity index (χ1) is 12.4. The number of rotatable bonds is 4. The summed E-state index contributed by atoms with van der Waals surface area (Å²) >= 11 is 0. The van der Waals surface area contributed by atoms with Crippen LogP contribution in [0.4, 0.5) is 11.5 Å². The third-order valence-electron chi connectivity index (χ3n) is 4.86. The number of aromatic nitrogens is 2. The maximum Gasteiger partial charge on any atom is 0.227 e. The molecule has 2 aromatic rings. The summed E-state index contributed by atoms with van der Waals surface area (Å²) in [6.45, 7) is 6.31. The fourth-order valence-corrected chi connectivity index (χ4v) is 3.28. The number of amides is 1. The molecule has 1 aliphatic rings. The average Bonchev–Trinajstić information content (AvgIpc) is 2.62. The lowest BCUT2D eigenvalue weighted by Crippen LogP contribution is -2.54. The molecule has 0 N–H and O–H groups in total. The quantitative estimate of drug-likeness (QED) is 0.843. The molecule has 138 valence electrons. The summed E-state index contributed by atoms with van der Waals surface area (Å²) in [7, 11) is 4.03. The Morgan fingerprint density at radius 1 is 1.12 bits per heavy atom. The standard InChI is InChI=1S/C20H27N5O/c1-15-5-10-19(22-21-15)24-11-12-25(16(2)14-24)20(26)13-17-6-8-18(9-7-17)23(3)4/h5-10,16H,11-14H2,1-4H3/t16-/m1/s1. The number of hydrogen-bond acceptors (Lipinski definition) is 5. The Morgan fingerprint density at radius 3 is 2.42 bits per heavy atom. The van der Waals surface area contributed by atoms with Crippen molar-refractivity contribution in [3.8, 4) is 0 Å². The summed E-state index contributed by atoms with van der Waals surface area (Å²) in [4.78, 5) is 19.0. The highest BCUT2D eigenvalue weighted by Gasteiger charge is 2.28. The Bertz CT molecular complexity index is 742. The van der Waals surface area contributed by atoms with Gasteiger partial charge in [0.15, 0.2) is 5.82 Å². The summed E-state index contributed by atoms with van der Waals surface area (Å²) in [6.07, 6.45) is 0.447. The normalized spacial score (nSPS) is 17.3. The zero-order valence-electron chi connectivity index (χ0n) is 16.0. The van der Waals surface area contributed by atoms with E-state index in [0.717, 1.165) is 35.9 Å². The fourth-order valence-electron chi connectivity index (χ4n) is 3.28. The van der Waals surface area contributed by atoms with E-state index in [1.165, 1.54) is 0 Å². The van der Waals surface area contributed by atoms with Gasteiger partial charge in [0.25, 0.3) is 0 Å². The minimum Gasteiger partial charge on any atom is -0.378 e. The van der Waals surface area contributed by atoms with E-state index in [1.807, 2.05) is 50.2 Å². The van der Waals surface area contributed by atoms with Crippen LogP contribution < -0.4 is 9.80 Å². The highest BCUT2D eigenvalue weighted by atomic mass is 16.2. The summed E-state index contributed by atoms with van der Waals surface area (Å²) in [5.41, 5.74) is 3.11. The number of aryl methyl sites for hydroxylation is 1. The van der Waals surface area contributed by atoms with Crippen molar-refractivity contribution in [1.29, 1.82) is 0 Å². The maximum absolute atomic E-state index is 12.8. The van der Waals surface area contributed by atoms with Gasteiger partial charge in [0.2, 0.25) is 5.91 Å². The average molecular weight is 353 g/mol. The molecule has 1 fully saturated rings. The molecule has 0 spiro atoms. The van der Waals surface area contributed by atoms with Gasteiger partial charge in [-0.3, -0.25) is 4.79 Å². The molecule has 1 atom stereocenters. The van der Waals surface area contributed by atoms with Crippen LogP contribution in [0.5, 0.6) is 0 Å². The minimum absolute atomic E-state index is 0.153. The Morgan fingerprint density at radius 2 is 1.85 bits per heavy atom. The van der Waals surface area contributed by atoms with Gasteiger partial charge in [-0.25, -0.2) is 0 Å². The molecule has 3 rings (SSSR count). The van der Waals surface area contributed by atoms with Gasteiger partial charge in [-0.2, -0.15) is 5.10 Å². The summed E-state index contributed by atoms with van der Waals surface area (Å²) < 4.78 is 0. The van der Waals surface area contributed by atoms with Gasteiger partial charge in [-0.05, 0) is 43.7 Å². The Labute approximate surface area is 155 Å². The van der Waals surface area contributed by atoms with Gasteiger partial charge >= 0.3 is 0 Å². The molecule has 1 aromatic heterocycles. The maximum atomic E-state index is 12.8. The van der Waals surface area contributed by atoms with Gasteiger partial charge in [-0.15, -0.1) is 5.10 Å². The molecule has 6 heteroatoms. The highest BCUT2D eigenvalue weighted by Crippen LogP contribution is 2.18. The van der Waals surface area contributed by atoms with Gasteiger partial charge in [0.1, 0.15) is 0 Å². The number of carbonyl (C=O) groups excluding carboxylic acids is 1. The molecule has 2 heterocycles. The second-order valence-corrected chi connectivity index (χ2v) is 7.15. The predicted molar refractivity (Wildman–Crippen MR) is 105 cm³/mol. The van der Waals surface area contributed by atoms with Crippen LogP contribution in [0.2, 0.25) is 0 Å². The Hall–Kier alpha value is -2.63. The number of benzene rings is 1. The molecule has 26 heavy (non-hydrogen) atoms. The second kappa shape index (κ2) is 7.72. The summed E-state index contributed by atoms with van der Waals surface area (Å²) in [6, 6.07) is 12.3. The molecular weight excluding hydrogens is 326 g/mol. The van der Waals surface area contributed by atoms with E-state index < -0.39 is 0 Å². The van der Waals surface area contributed by atoms with Crippen molar-refractivity contribution in [1.82, 2.24) is 15.1 Å². The molecule has 0 aliphatic carbocycles. The third kappa shape index (κ3) is 4.12. The predicted octanol–water partition coefficient (Wildman–Crippen LogP) is 2.13. The van der Waals surface area contributed by atoms with Crippen LogP contribution >= 0.6 is 0 Å². The zero-order chi connectivity index (χ0) is 18.7. The van der Waals surface area contributed by atoms with Gasteiger partial charge in [-0.1, -0.05) is 12.1 Å². The van der Waals surface area contributed by atoms with Gasteiger partial charge in [0, 0.05) is 45.5 Å². The zero-order valence-corrected chi connectivity index (χ0v) is 16.0. The topological polar surface area (TPSA) is 52.6 Å². The largest absolute Gasteiger partial charge is 0.378 e. The molecule has 1 amide bonds. The number of hydrogen-bond donors (Lipinski definition) is 0. The van der Waals surface area contributed by atoms with Crippen molar-refractivity contribution < 1.29 is 4.79 Å². The van der Waals surface area contributed by atoms with Crippen LogP contribution in [0.15, 0.2) is 36.4 Å². The second-order valence-electron chi connectivity index (χ2n) is 7.15. The lowest BCUT2D eigenvalue weighted by molar-refractivity contribution is -0.132. The highest BCUT2D eigenvalue weighted by molar-refractivity contribution is 5.79.